The summed E-state index contributed by atoms with van der Waals surface area (Å²) in [6, 6.07) is 0.329. The van der Waals surface area contributed by atoms with E-state index in [0.717, 1.165) is 24.6 Å². The van der Waals surface area contributed by atoms with E-state index in [-0.39, 0.29) is 5.82 Å². The first kappa shape index (κ1) is 11.1. The lowest BCUT2D eigenvalue weighted by molar-refractivity contribution is -0.392. The van der Waals surface area contributed by atoms with Crippen molar-refractivity contribution in [2.75, 3.05) is 0 Å². The number of rotatable bonds is 4. The van der Waals surface area contributed by atoms with E-state index >= 15 is 0 Å². The number of hydrogen-bond acceptors (Lipinski definition) is 7. The first-order valence-electron chi connectivity index (χ1n) is 5.28. The fourth-order valence-corrected chi connectivity index (χ4v) is 2.48. The smallest absolute Gasteiger partial charge is 0.358 e. The molecule has 0 spiro atoms. The third-order valence-corrected chi connectivity index (χ3v) is 3.70. The van der Waals surface area contributed by atoms with Gasteiger partial charge in [-0.1, -0.05) is 0 Å². The van der Waals surface area contributed by atoms with Crippen LogP contribution in [-0.4, -0.2) is 34.7 Å². The van der Waals surface area contributed by atoms with Gasteiger partial charge in [0.15, 0.2) is 5.03 Å². The Balaban J connectivity index is 1.94. The van der Waals surface area contributed by atoms with E-state index in [4.69, 9.17) is 0 Å². The summed E-state index contributed by atoms with van der Waals surface area (Å²) in [6.07, 6.45) is 3.50. The highest BCUT2D eigenvalue weighted by atomic mass is 32.2. The van der Waals surface area contributed by atoms with Crippen LogP contribution in [-0.2, 0) is 7.05 Å². The molecule has 3 rings (SSSR count). The van der Waals surface area contributed by atoms with Crippen LogP contribution in [0.1, 0.15) is 18.9 Å². The van der Waals surface area contributed by atoms with E-state index in [1.807, 2.05) is 0 Å². The van der Waals surface area contributed by atoms with Gasteiger partial charge in [0, 0.05) is 7.05 Å². The van der Waals surface area contributed by atoms with Crippen molar-refractivity contribution in [3.8, 4) is 0 Å². The van der Waals surface area contributed by atoms with Gasteiger partial charge >= 0.3 is 5.82 Å². The van der Waals surface area contributed by atoms with Crippen LogP contribution in [0.4, 0.5) is 5.82 Å². The lowest BCUT2D eigenvalue weighted by atomic mass is 10.7. The van der Waals surface area contributed by atoms with Gasteiger partial charge < -0.3 is 14.7 Å². The van der Waals surface area contributed by atoms with Crippen LogP contribution in [0.15, 0.2) is 16.5 Å². The Morgan fingerprint density at radius 1 is 1.56 bits per heavy atom. The monoisotopic (exact) mass is 267 g/mol. The molecule has 0 amide bonds. The maximum atomic E-state index is 10.9. The lowest BCUT2D eigenvalue weighted by Gasteiger charge is -2.02. The van der Waals surface area contributed by atoms with Crippen molar-refractivity contribution < 1.29 is 4.92 Å². The standard InChI is InChI=1S/C8H9N7O2S/c1-13-4-9-6(15(16)17)7(13)18-8-10-11-12-14(8)5-2-3-5/h4-5H,2-3H2,1H3. The molecule has 18 heavy (non-hydrogen) atoms. The maximum absolute atomic E-state index is 10.9. The SMILES string of the molecule is Cn1cnc([N+](=O)[O-])c1Sc1nnnn1C1CC1. The number of aryl methyl sites for hydroxylation is 1. The number of nitro groups is 1. The molecular formula is C8H9N7O2S. The highest BCUT2D eigenvalue weighted by Crippen LogP contribution is 2.39. The molecule has 1 aliphatic rings. The average molecular weight is 267 g/mol. The molecule has 2 aromatic heterocycles. The molecule has 94 valence electrons. The predicted molar refractivity (Wildman–Crippen MR) is 60.1 cm³/mol. The summed E-state index contributed by atoms with van der Waals surface area (Å²) in [5.74, 6) is -0.173. The summed E-state index contributed by atoms with van der Waals surface area (Å²) in [4.78, 5) is 14.1. The van der Waals surface area contributed by atoms with Crippen LogP contribution in [0.2, 0.25) is 0 Å². The Hall–Kier alpha value is -1.97. The Morgan fingerprint density at radius 2 is 2.33 bits per heavy atom. The maximum Gasteiger partial charge on any atom is 0.396 e. The van der Waals surface area contributed by atoms with E-state index in [1.54, 1.807) is 16.3 Å². The van der Waals surface area contributed by atoms with Crippen molar-refractivity contribution in [1.82, 2.24) is 29.8 Å². The summed E-state index contributed by atoms with van der Waals surface area (Å²) < 4.78 is 3.30. The second kappa shape index (κ2) is 4.05. The van der Waals surface area contributed by atoms with E-state index in [2.05, 4.69) is 20.5 Å². The first-order valence-corrected chi connectivity index (χ1v) is 6.10. The van der Waals surface area contributed by atoms with Gasteiger partial charge in [0.05, 0.1) is 6.04 Å². The Labute approximate surface area is 105 Å². The zero-order chi connectivity index (χ0) is 12.7. The van der Waals surface area contributed by atoms with E-state index in [1.165, 1.54) is 6.33 Å². The summed E-state index contributed by atoms with van der Waals surface area (Å²) >= 11 is 1.16. The highest BCUT2D eigenvalue weighted by molar-refractivity contribution is 7.99. The molecule has 1 saturated carbocycles. The molecule has 0 unspecified atom stereocenters. The molecule has 0 radical (unpaired) electrons. The second-order valence-electron chi connectivity index (χ2n) is 3.98. The van der Waals surface area contributed by atoms with Crippen LogP contribution in [0, 0.1) is 10.1 Å². The van der Waals surface area contributed by atoms with Crippen molar-refractivity contribution in [2.24, 2.45) is 7.05 Å². The van der Waals surface area contributed by atoms with Gasteiger partial charge in [-0.15, -0.1) is 5.10 Å². The van der Waals surface area contributed by atoms with Gasteiger partial charge in [-0.05, 0) is 44.9 Å². The average Bonchev–Trinajstić information content (AvgIpc) is 2.96. The van der Waals surface area contributed by atoms with Crippen molar-refractivity contribution in [3.63, 3.8) is 0 Å². The lowest BCUT2D eigenvalue weighted by Crippen LogP contribution is -2.00. The van der Waals surface area contributed by atoms with Crippen molar-refractivity contribution in [2.45, 2.75) is 29.1 Å². The summed E-state index contributed by atoms with van der Waals surface area (Å²) in [7, 11) is 1.70. The molecule has 1 fully saturated rings. The van der Waals surface area contributed by atoms with Gasteiger partial charge in [0.2, 0.25) is 11.5 Å². The van der Waals surface area contributed by atoms with Gasteiger partial charge in [-0.25, -0.2) is 4.68 Å². The molecule has 2 heterocycles. The van der Waals surface area contributed by atoms with Gasteiger partial charge in [-0.2, -0.15) is 0 Å². The molecule has 0 aromatic carbocycles. The molecule has 0 aliphatic heterocycles. The minimum Gasteiger partial charge on any atom is -0.358 e. The summed E-state index contributed by atoms with van der Waals surface area (Å²) in [5, 5.41) is 23.2. The summed E-state index contributed by atoms with van der Waals surface area (Å²) in [6.45, 7) is 0. The van der Waals surface area contributed by atoms with Crippen LogP contribution < -0.4 is 0 Å². The topological polar surface area (TPSA) is 105 Å². The van der Waals surface area contributed by atoms with Crippen LogP contribution >= 0.6 is 11.8 Å². The Morgan fingerprint density at radius 3 is 3.00 bits per heavy atom. The number of nitrogens with zero attached hydrogens (tertiary/aromatic N) is 7. The summed E-state index contributed by atoms with van der Waals surface area (Å²) in [5.41, 5.74) is 0. The fraction of sp³-hybridized carbons (Fsp3) is 0.500. The zero-order valence-electron chi connectivity index (χ0n) is 9.42. The minimum absolute atomic E-state index is 0.173. The van der Waals surface area contributed by atoms with Crippen molar-refractivity contribution >= 4 is 17.6 Å². The van der Waals surface area contributed by atoms with Crippen LogP contribution in [0.3, 0.4) is 0 Å². The second-order valence-corrected chi connectivity index (χ2v) is 4.94. The Bertz CT molecular complexity index is 602. The molecule has 9 nitrogen and oxygen atoms in total. The normalized spacial score (nSPS) is 14.9. The van der Waals surface area contributed by atoms with E-state index < -0.39 is 4.92 Å². The molecule has 0 saturated heterocycles. The fourth-order valence-electron chi connectivity index (χ4n) is 1.54. The number of aromatic nitrogens is 6. The van der Waals surface area contributed by atoms with Crippen molar-refractivity contribution in [1.29, 1.82) is 0 Å². The van der Waals surface area contributed by atoms with Crippen molar-refractivity contribution in [3.05, 3.63) is 16.4 Å². The highest BCUT2D eigenvalue weighted by Gasteiger charge is 2.30. The van der Waals surface area contributed by atoms with Gasteiger partial charge in [0.25, 0.3) is 0 Å². The van der Waals surface area contributed by atoms with Gasteiger partial charge in [-0.3, -0.25) is 0 Å². The quantitative estimate of drug-likeness (QED) is 0.596. The molecule has 10 heteroatoms. The Kier molecular flexibility index (Phi) is 2.51. The molecular weight excluding hydrogens is 258 g/mol. The van der Waals surface area contributed by atoms with E-state index in [9.17, 15) is 10.1 Å². The number of tetrazole rings is 1. The predicted octanol–water partition coefficient (Wildman–Crippen LogP) is 0.801. The first-order chi connectivity index (χ1) is 8.66. The van der Waals surface area contributed by atoms with Crippen LogP contribution in [0.5, 0.6) is 0 Å². The van der Waals surface area contributed by atoms with Gasteiger partial charge in [0.1, 0.15) is 0 Å². The third-order valence-electron chi connectivity index (χ3n) is 2.58. The molecule has 0 atom stereocenters. The minimum atomic E-state index is -0.506. The number of imidazole rings is 1. The zero-order valence-corrected chi connectivity index (χ0v) is 10.2. The molecule has 2 aromatic rings. The molecule has 0 N–H and O–H groups in total. The van der Waals surface area contributed by atoms with E-state index in [0.29, 0.717) is 16.2 Å². The molecule has 0 bridgehead atoms. The molecule has 1 aliphatic carbocycles. The van der Waals surface area contributed by atoms with Crippen LogP contribution in [0.25, 0.3) is 0 Å². The largest absolute Gasteiger partial charge is 0.396 e. The number of hydrogen-bond donors (Lipinski definition) is 0. The third kappa shape index (κ3) is 1.83.